The first kappa shape index (κ1) is 20.1. The number of rotatable bonds is 4. The molecule has 2 aromatic heterocycles. The van der Waals surface area contributed by atoms with Gasteiger partial charge in [0.05, 0.1) is 19.0 Å². The van der Waals surface area contributed by atoms with E-state index in [-0.39, 0.29) is 18.5 Å². The van der Waals surface area contributed by atoms with Crippen LogP contribution in [0.4, 0.5) is 13.2 Å². The van der Waals surface area contributed by atoms with E-state index in [1.54, 1.807) is 25.4 Å². The standard InChI is InChI=1S/C20H19F3N4O3/c1-29-14-5-2-11(3-6-14)10-27-17-16(18(26-27)30-19(28)20(21,22)23)15-7-4-13(24)8-12(15)9-25-17/h2-3,5-6,9,13H,4,7-8,10,24H2,1H3. The third-order valence-corrected chi connectivity index (χ3v) is 5.09. The van der Waals surface area contributed by atoms with E-state index in [0.29, 0.717) is 36.0 Å². The van der Waals surface area contributed by atoms with E-state index >= 15 is 0 Å². The lowest BCUT2D eigenvalue weighted by molar-refractivity contribution is -0.189. The molecule has 2 N–H and O–H groups in total. The zero-order valence-electron chi connectivity index (χ0n) is 16.1. The summed E-state index contributed by atoms with van der Waals surface area (Å²) in [4.78, 5) is 15.9. The van der Waals surface area contributed by atoms with Gasteiger partial charge in [0.25, 0.3) is 5.88 Å². The number of pyridine rings is 1. The van der Waals surface area contributed by atoms with Gasteiger partial charge in [-0.1, -0.05) is 12.1 Å². The van der Waals surface area contributed by atoms with Crippen molar-refractivity contribution in [2.75, 3.05) is 7.11 Å². The minimum Gasteiger partial charge on any atom is -0.497 e. The third-order valence-electron chi connectivity index (χ3n) is 5.09. The second-order valence-electron chi connectivity index (χ2n) is 7.16. The van der Waals surface area contributed by atoms with Gasteiger partial charge in [0.1, 0.15) is 5.75 Å². The molecule has 1 atom stereocenters. The lowest BCUT2D eigenvalue weighted by Crippen LogP contribution is -2.29. The van der Waals surface area contributed by atoms with Crippen LogP contribution in [0, 0.1) is 0 Å². The molecule has 158 valence electrons. The van der Waals surface area contributed by atoms with E-state index in [4.69, 9.17) is 10.5 Å². The lowest BCUT2D eigenvalue weighted by atomic mass is 9.88. The van der Waals surface area contributed by atoms with Crippen LogP contribution in [0.2, 0.25) is 0 Å². The Bertz CT molecular complexity index is 1090. The van der Waals surface area contributed by atoms with E-state index in [1.807, 2.05) is 12.1 Å². The van der Waals surface area contributed by atoms with Crippen LogP contribution in [0.3, 0.4) is 0 Å². The fourth-order valence-corrected chi connectivity index (χ4v) is 3.61. The molecule has 0 aliphatic heterocycles. The van der Waals surface area contributed by atoms with Gasteiger partial charge in [-0.3, -0.25) is 0 Å². The highest BCUT2D eigenvalue weighted by atomic mass is 19.4. The Hall–Kier alpha value is -3.14. The minimum absolute atomic E-state index is 0.0488. The van der Waals surface area contributed by atoms with Crippen molar-refractivity contribution in [2.24, 2.45) is 5.73 Å². The van der Waals surface area contributed by atoms with Crippen molar-refractivity contribution in [2.45, 2.75) is 38.0 Å². The summed E-state index contributed by atoms with van der Waals surface area (Å²) < 4.78 is 49.6. The Balaban J connectivity index is 1.79. The van der Waals surface area contributed by atoms with Crippen LogP contribution in [0.15, 0.2) is 30.5 Å². The number of aryl methyl sites for hydroxylation is 1. The molecule has 1 aliphatic rings. The Morgan fingerprint density at radius 1 is 1.30 bits per heavy atom. The number of hydrogen-bond acceptors (Lipinski definition) is 6. The van der Waals surface area contributed by atoms with Crippen LogP contribution in [-0.4, -0.2) is 40.1 Å². The number of nitrogens with zero attached hydrogens (tertiary/aromatic N) is 3. The number of fused-ring (bicyclic) bond motifs is 3. The molecule has 10 heteroatoms. The van der Waals surface area contributed by atoms with Crippen molar-refractivity contribution in [3.63, 3.8) is 0 Å². The first-order chi connectivity index (χ1) is 14.3. The molecule has 0 spiro atoms. The quantitative estimate of drug-likeness (QED) is 0.653. The minimum atomic E-state index is -5.13. The highest BCUT2D eigenvalue weighted by molar-refractivity contribution is 5.89. The van der Waals surface area contributed by atoms with Crippen molar-refractivity contribution in [1.29, 1.82) is 0 Å². The Morgan fingerprint density at radius 3 is 2.70 bits per heavy atom. The molecule has 1 unspecified atom stereocenters. The SMILES string of the molecule is COc1ccc(Cn2nc(OC(=O)C(F)(F)F)c3c4c(cnc32)CC(N)CC4)cc1. The number of ether oxygens (including phenoxy) is 2. The molecule has 0 fully saturated rings. The first-order valence-electron chi connectivity index (χ1n) is 9.31. The number of aromatic nitrogens is 3. The Morgan fingerprint density at radius 2 is 2.03 bits per heavy atom. The van der Waals surface area contributed by atoms with Gasteiger partial charge < -0.3 is 15.2 Å². The molecule has 7 nitrogen and oxygen atoms in total. The highest BCUT2D eigenvalue weighted by Crippen LogP contribution is 2.34. The second kappa shape index (κ2) is 7.60. The van der Waals surface area contributed by atoms with E-state index in [1.165, 1.54) is 4.68 Å². The van der Waals surface area contributed by atoms with Crippen LogP contribution in [0.1, 0.15) is 23.1 Å². The molecule has 0 saturated carbocycles. The molecule has 1 aromatic carbocycles. The van der Waals surface area contributed by atoms with Gasteiger partial charge in [-0.2, -0.15) is 13.2 Å². The van der Waals surface area contributed by atoms with E-state index in [0.717, 1.165) is 16.7 Å². The molecule has 0 saturated heterocycles. The van der Waals surface area contributed by atoms with Crippen LogP contribution in [0.5, 0.6) is 11.6 Å². The van der Waals surface area contributed by atoms with Gasteiger partial charge in [0.15, 0.2) is 5.65 Å². The zero-order chi connectivity index (χ0) is 21.5. The molecule has 0 amide bonds. The smallest absolute Gasteiger partial charge is 0.491 e. The summed E-state index contributed by atoms with van der Waals surface area (Å²) in [5, 5.41) is 4.48. The van der Waals surface area contributed by atoms with Crippen molar-refractivity contribution in [1.82, 2.24) is 14.8 Å². The van der Waals surface area contributed by atoms with E-state index < -0.39 is 12.1 Å². The fraction of sp³-hybridized carbons (Fsp3) is 0.350. The van der Waals surface area contributed by atoms with Crippen LogP contribution >= 0.6 is 0 Å². The van der Waals surface area contributed by atoms with Crippen LogP contribution < -0.4 is 15.2 Å². The second-order valence-corrected chi connectivity index (χ2v) is 7.16. The molecule has 1 aliphatic carbocycles. The molecule has 4 rings (SSSR count). The van der Waals surface area contributed by atoms with Crippen LogP contribution in [0.25, 0.3) is 11.0 Å². The van der Waals surface area contributed by atoms with Gasteiger partial charge in [-0.25, -0.2) is 14.5 Å². The molecule has 0 bridgehead atoms. The monoisotopic (exact) mass is 420 g/mol. The van der Waals surface area contributed by atoms with Gasteiger partial charge in [0.2, 0.25) is 0 Å². The number of benzene rings is 1. The summed E-state index contributed by atoms with van der Waals surface area (Å²) >= 11 is 0. The van der Waals surface area contributed by atoms with Crippen molar-refractivity contribution in [3.05, 3.63) is 47.2 Å². The zero-order valence-corrected chi connectivity index (χ0v) is 16.1. The number of hydrogen-bond donors (Lipinski definition) is 1. The lowest BCUT2D eigenvalue weighted by Gasteiger charge is -2.21. The van der Waals surface area contributed by atoms with Crippen molar-refractivity contribution < 1.29 is 27.4 Å². The predicted molar refractivity (Wildman–Crippen MR) is 101 cm³/mol. The topological polar surface area (TPSA) is 92.3 Å². The molecular formula is C20H19F3N4O3. The first-order valence-corrected chi connectivity index (χ1v) is 9.31. The largest absolute Gasteiger partial charge is 0.497 e. The third kappa shape index (κ3) is 3.82. The maximum absolute atomic E-state index is 12.8. The van der Waals surface area contributed by atoms with Gasteiger partial charge in [-0.15, -0.1) is 5.10 Å². The summed E-state index contributed by atoms with van der Waals surface area (Å²) in [5.41, 5.74) is 8.79. The molecule has 2 heterocycles. The summed E-state index contributed by atoms with van der Waals surface area (Å²) in [5.74, 6) is -2.03. The fourth-order valence-electron chi connectivity index (χ4n) is 3.61. The number of esters is 1. The van der Waals surface area contributed by atoms with Crippen molar-refractivity contribution in [3.8, 4) is 11.6 Å². The van der Waals surface area contributed by atoms with Gasteiger partial charge >= 0.3 is 12.1 Å². The molecule has 3 aromatic rings. The van der Waals surface area contributed by atoms with Crippen molar-refractivity contribution >= 4 is 17.0 Å². The number of nitrogens with two attached hydrogens (primary N) is 1. The van der Waals surface area contributed by atoms with Crippen LogP contribution in [-0.2, 0) is 24.2 Å². The highest BCUT2D eigenvalue weighted by Gasteiger charge is 2.42. The predicted octanol–water partition coefficient (Wildman–Crippen LogP) is 2.77. The number of carbonyl (C=O) groups excluding carboxylic acids is 1. The molecule has 0 radical (unpaired) electrons. The van der Waals surface area contributed by atoms with E-state index in [9.17, 15) is 18.0 Å². The maximum atomic E-state index is 12.8. The normalized spacial score (nSPS) is 16.4. The number of methoxy groups -OCH3 is 1. The molecular weight excluding hydrogens is 401 g/mol. The summed E-state index contributed by atoms with van der Waals surface area (Å²) in [6.45, 7) is 0.232. The van der Waals surface area contributed by atoms with E-state index in [2.05, 4.69) is 14.8 Å². The van der Waals surface area contributed by atoms with Gasteiger partial charge in [0, 0.05) is 12.2 Å². The summed E-state index contributed by atoms with van der Waals surface area (Å²) in [6.07, 6.45) is -1.70. The Labute approximate surface area is 169 Å². The number of carbonyl (C=O) groups is 1. The number of halogens is 3. The summed E-state index contributed by atoms with van der Waals surface area (Å²) in [6, 6.07) is 7.10. The average molecular weight is 420 g/mol. The van der Waals surface area contributed by atoms with Gasteiger partial charge in [-0.05, 0) is 48.1 Å². The maximum Gasteiger partial charge on any atom is 0.491 e. The molecule has 30 heavy (non-hydrogen) atoms. The number of alkyl halides is 3. The average Bonchev–Trinajstić information content (AvgIpc) is 3.05. The summed E-state index contributed by atoms with van der Waals surface area (Å²) in [7, 11) is 1.55. The Kier molecular flexibility index (Phi) is 5.10.